The summed E-state index contributed by atoms with van der Waals surface area (Å²) in [5.41, 5.74) is 1.83. The highest BCUT2D eigenvalue weighted by molar-refractivity contribution is 7.22. The van der Waals surface area contributed by atoms with Crippen LogP contribution in [0.3, 0.4) is 0 Å². The molecule has 0 bridgehead atoms. The highest BCUT2D eigenvalue weighted by Crippen LogP contribution is 2.32. The number of para-hydroxylation sites is 1. The number of nitrogens with one attached hydrogen (secondary N) is 2. The number of amides is 1. The molecular weight excluding hydrogens is 444 g/mol. The van der Waals surface area contributed by atoms with Crippen LogP contribution in [-0.4, -0.2) is 47.3 Å². The Labute approximate surface area is 193 Å². The van der Waals surface area contributed by atoms with E-state index < -0.39 is 6.10 Å². The predicted molar refractivity (Wildman–Crippen MR) is 129 cm³/mol. The molecule has 0 saturated carbocycles. The van der Waals surface area contributed by atoms with Crippen molar-refractivity contribution in [1.29, 1.82) is 0 Å². The quantitative estimate of drug-likeness (QED) is 0.422. The van der Waals surface area contributed by atoms with E-state index in [4.69, 9.17) is 9.72 Å². The van der Waals surface area contributed by atoms with Gasteiger partial charge in [0.2, 0.25) is 10.3 Å². The van der Waals surface area contributed by atoms with E-state index in [2.05, 4.69) is 31.8 Å². The second-order valence-corrected chi connectivity index (χ2v) is 9.45. The van der Waals surface area contributed by atoms with Crippen molar-refractivity contribution in [2.24, 2.45) is 0 Å². The van der Waals surface area contributed by atoms with Gasteiger partial charge in [-0.3, -0.25) is 10.1 Å². The molecule has 0 spiro atoms. The smallest absolute Gasteiger partial charge is 0.259 e. The van der Waals surface area contributed by atoms with Gasteiger partial charge >= 0.3 is 0 Å². The second-order valence-electron chi connectivity index (χ2n) is 7.47. The molecule has 2 aromatic heterocycles. The first kappa shape index (κ1) is 20.8. The lowest BCUT2D eigenvalue weighted by Crippen LogP contribution is -2.25. The molecule has 10 heteroatoms. The standard InChI is InChI=1S/C22H22N6O2S2/c1-30-18(14-7-3-2-4-8-14)19(29)25-21-27-26-20(32-21)23-15-11-12-28(13-15)22-24-16-9-5-6-10-17(16)31-22/h2-10,15,18H,11-13H2,1H3,(H,23,26)(H,25,27,29)/t15-,18-/m1/s1. The van der Waals surface area contributed by atoms with Gasteiger partial charge in [0.15, 0.2) is 11.2 Å². The predicted octanol–water partition coefficient (Wildman–Crippen LogP) is 4.16. The Morgan fingerprint density at radius 1 is 1.09 bits per heavy atom. The Bertz CT molecular complexity index is 1180. The molecular formula is C22H22N6O2S2. The number of thiazole rings is 1. The minimum absolute atomic E-state index is 0.245. The zero-order chi connectivity index (χ0) is 21.9. The lowest BCUT2D eigenvalue weighted by molar-refractivity contribution is -0.126. The molecule has 0 unspecified atom stereocenters. The van der Waals surface area contributed by atoms with E-state index in [-0.39, 0.29) is 11.9 Å². The van der Waals surface area contributed by atoms with Crippen molar-refractivity contribution in [3.05, 3.63) is 60.2 Å². The normalized spacial score (nSPS) is 16.9. The second kappa shape index (κ2) is 9.19. The van der Waals surface area contributed by atoms with Crippen LogP contribution in [0.1, 0.15) is 18.1 Å². The van der Waals surface area contributed by atoms with Gasteiger partial charge in [-0.25, -0.2) is 4.98 Å². The van der Waals surface area contributed by atoms with E-state index in [1.165, 1.54) is 23.1 Å². The van der Waals surface area contributed by atoms with Crippen molar-refractivity contribution < 1.29 is 9.53 Å². The maximum absolute atomic E-state index is 12.6. The number of hydrogen-bond acceptors (Lipinski definition) is 9. The lowest BCUT2D eigenvalue weighted by atomic mass is 10.1. The summed E-state index contributed by atoms with van der Waals surface area (Å²) in [5.74, 6) is -0.274. The van der Waals surface area contributed by atoms with Crippen LogP contribution in [0, 0.1) is 0 Å². The molecule has 3 heterocycles. The minimum atomic E-state index is -0.700. The fraction of sp³-hybridized carbons (Fsp3) is 0.273. The molecule has 1 fully saturated rings. The summed E-state index contributed by atoms with van der Waals surface area (Å²) < 4.78 is 6.58. The molecule has 2 aromatic carbocycles. The number of anilines is 3. The van der Waals surface area contributed by atoms with E-state index in [1.54, 1.807) is 11.3 Å². The summed E-state index contributed by atoms with van der Waals surface area (Å²) >= 11 is 3.04. The van der Waals surface area contributed by atoms with Gasteiger partial charge in [-0.15, -0.1) is 10.2 Å². The monoisotopic (exact) mass is 466 g/mol. The maximum atomic E-state index is 12.6. The van der Waals surface area contributed by atoms with Crippen LogP contribution >= 0.6 is 22.7 Å². The van der Waals surface area contributed by atoms with Crippen molar-refractivity contribution in [1.82, 2.24) is 15.2 Å². The van der Waals surface area contributed by atoms with Gasteiger partial charge in [-0.1, -0.05) is 65.1 Å². The number of fused-ring (bicyclic) bond motifs is 1. The Kier molecular flexibility index (Phi) is 5.97. The van der Waals surface area contributed by atoms with E-state index in [0.717, 1.165) is 35.7 Å². The Hall–Kier alpha value is -3.08. The van der Waals surface area contributed by atoms with Crippen molar-refractivity contribution in [3.8, 4) is 0 Å². The summed E-state index contributed by atoms with van der Waals surface area (Å²) in [6, 6.07) is 17.8. The number of aromatic nitrogens is 3. The van der Waals surface area contributed by atoms with Crippen molar-refractivity contribution in [3.63, 3.8) is 0 Å². The van der Waals surface area contributed by atoms with E-state index in [9.17, 15) is 4.79 Å². The summed E-state index contributed by atoms with van der Waals surface area (Å²) in [6.07, 6.45) is 0.283. The van der Waals surface area contributed by atoms with E-state index in [1.807, 2.05) is 48.5 Å². The molecule has 0 radical (unpaired) electrons. The Balaban J connectivity index is 1.19. The van der Waals surface area contributed by atoms with Crippen LogP contribution in [0.15, 0.2) is 54.6 Å². The van der Waals surface area contributed by atoms with Crippen LogP contribution in [0.25, 0.3) is 10.2 Å². The Morgan fingerprint density at radius 2 is 1.88 bits per heavy atom. The zero-order valence-corrected chi connectivity index (χ0v) is 19.0. The highest BCUT2D eigenvalue weighted by atomic mass is 32.1. The number of ether oxygens (including phenoxy) is 1. The van der Waals surface area contributed by atoms with E-state index >= 15 is 0 Å². The number of carbonyl (C=O) groups is 1. The van der Waals surface area contributed by atoms with Crippen LogP contribution in [0.2, 0.25) is 0 Å². The first-order valence-corrected chi connectivity index (χ1v) is 11.9. The summed E-state index contributed by atoms with van der Waals surface area (Å²) in [6.45, 7) is 1.79. The summed E-state index contributed by atoms with van der Waals surface area (Å²) in [7, 11) is 1.52. The fourth-order valence-electron chi connectivity index (χ4n) is 3.75. The van der Waals surface area contributed by atoms with Crippen molar-refractivity contribution in [2.45, 2.75) is 18.6 Å². The number of nitrogens with zero attached hydrogens (tertiary/aromatic N) is 4. The van der Waals surface area contributed by atoms with Crippen LogP contribution in [0.4, 0.5) is 15.4 Å². The van der Waals surface area contributed by atoms with Crippen LogP contribution in [0.5, 0.6) is 0 Å². The molecule has 0 aliphatic carbocycles. The molecule has 4 aromatic rings. The topological polar surface area (TPSA) is 92.3 Å². The molecule has 5 rings (SSSR count). The molecule has 1 saturated heterocycles. The van der Waals surface area contributed by atoms with Crippen LogP contribution < -0.4 is 15.5 Å². The molecule has 1 aliphatic rings. The van der Waals surface area contributed by atoms with Gasteiger partial charge in [-0.05, 0) is 24.1 Å². The third-order valence-corrected chi connectivity index (χ3v) is 7.17. The molecule has 1 aliphatic heterocycles. The number of hydrogen-bond donors (Lipinski definition) is 2. The summed E-state index contributed by atoms with van der Waals surface area (Å²) in [4.78, 5) is 19.7. The van der Waals surface area contributed by atoms with E-state index in [0.29, 0.717) is 10.3 Å². The number of methoxy groups -OCH3 is 1. The average Bonchev–Trinajstić information content (AvgIpc) is 3.55. The number of rotatable bonds is 7. The number of carbonyl (C=O) groups excluding carboxylic acids is 1. The average molecular weight is 467 g/mol. The molecule has 164 valence electrons. The van der Waals surface area contributed by atoms with Crippen molar-refractivity contribution >= 4 is 54.2 Å². The third kappa shape index (κ3) is 4.43. The fourth-order valence-corrected chi connectivity index (χ4v) is 5.47. The van der Waals surface area contributed by atoms with Crippen LogP contribution in [-0.2, 0) is 9.53 Å². The largest absolute Gasteiger partial charge is 0.367 e. The summed E-state index contributed by atoms with van der Waals surface area (Å²) in [5, 5.41) is 16.7. The maximum Gasteiger partial charge on any atom is 0.259 e. The lowest BCUT2D eigenvalue weighted by Gasteiger charge is -2.15. The molecule has 32 heavy (non-hydrogen) atoms. The van der Waals surface area contributed by atoms with Gasteiger partial charge < -0.3 is 15.0 Å². The van der Waals surface area contributed by atoms with Gasteiger partial charge in [0.1, 0.15) is 0 Å². The number of benzene rings is 2. The highest BCUT2D eigenvalue weighted by Gasteiger charge is 2.26. The van der Waals surface area contributed by atoms with Crippen molar-refractivity contribution in [2.75, 3.05) is 35.7 Å². The zero-order valence-electron chi connectivity index (χ0n) is 17.4. The Morgan fingerprint density at radius 3 is 2.69 bits per heavy atom. The minimum Gasteiger partial charge on any atom is -0.367 e. The van der Waals surface area contributed by atoms with Gasteiger partial charge in [0, 0.05) is 26.2 Å². The van der Waals surface area contributed by atoms with Gasteiger partial charge in [-0.2, -0.15) is 0 Å². The first-order valence-electron chi connectivity index (χ1n) is 10.3. The third-order valence-electron chi connectivity index (χ3n) is 5.30. The molecule has 1 amide bonds. The SMILES string of the molecule is CO[C@@H](C(=O)Nc1nnc(N[C@@H]2CCN(c3nc4ccccc4s3)C2)s1)c1ccccc1. The van der Waals surface area contributed by atoms with Gasteiger partial charge in [0.25, 0.3) is 5.91 Å². The first-order chi connectivity index (χ1) is 15.7. The molecule has 8 nitrogen and oxygen atoms in total. The van der Waals surface area contributed by atoms with Gasteiger partial charge in [0.05, 0.1) is 10.2 Å². The molecule has 2 N–H and O–H groups in total. The molecule has 2 atom stereocenters.